The van der Waals surface area contributed by atoms with E-state index >= 15 is 0 Å². The van der Waals surface area contributed by atoms with Gasteiger partial charge in [-0.1, -0.05) is 48.5 Å². The molecule has 1 unspecified atom stereocenters. The van der Waals surface area contributed by atoms with E-state index in [9.17, 15) is 14.4 Å². The first-order chi connectivity index (χ1) is 16.9. The zero-order valence-corrected chi connectivity index (χ0v) is 19.9. The highest BCUT2D eigenvalue weighted by molar-refractivity contribution is 5.80. The number of carboxylic acids is 1. The van der Waals surface area contributed by atoms with Crippen LogP contribution in [0.5, 0.6) is 0 Å². The van der Waals surface area contributed by atoms with E-state index in [-0.39, 0.29) is 37.2 Å². The molecule has 1 atom stereocenters. The molecule has 2 N–H and O–H groups in total. The third-order valence-electron chi connectivity index (χ3n) is 7.92. The standard InChI is InChI=1S/C28H32N2O5/c31-25(30-15-12-19(17-30)10-11-26(32)33)16-28(13-5-14-28)29-27(34)35-18-24-22-8-3-1-6-20(22)21-7-2-4-9-23(21)24/h1-4,6-9,19,24H,5,10-18H2,(H,29,34)(H,32,33). The summed E-state index contributed by atoms with van der Waals surface area (Å²) in [6, 6.07) is 16.5. The lowest BCUT2D eigenvalue weighted by atomic mass is 9.74. The quantitative estimate of drug-likeness (QED) is 0.583. The number of carboxylic acid groups (broad SMARTS) is 1. The molecule has 2 aromatic carbocycles. The average Bonchev–Trinajstić information content (AvgIpc) is 3.43. The van der Waals surface area contributed by atoms with Gasteiger partial charge in [0.2, 0.25) is 5.91 Å². The summed E-state index contributed by atoms with van der Waals surface area (Å²) in [6.45, 7) is 1.51. The molecule has 5 rings (SSSR count). The van der Waals surface area contributed by atoms with E-state index in [2.05, 4.69) is 29.6 Å². The maximum atomic E-state index is 13.0. The van der Waals surface area contributed by atoms with Gasteiger partial charge in [0.1, 0.15) is 6.61 Å². The van der Waals surface area contributed by atoms with Crippen molar-refractivity contribution in [1.82, 2.24) is 10.2 Å². The van der Waals surface area contributed by atoms with Gasteiger partial charge < -0.3 is 20.1 Å². The van der Waals surface area contributed by atoms with Crippen LogP contribution in [0.15, 0.2) is 48.5 Å². The van der Waals surface area contributed by atoms with Crippen molar-refractivity contribution in [1.29, 1.82) is 0 Å². The van der Waals surface area contributed by atoms with Gasteiger partial charge in [-0.2, -0.15) is 0 Å². The van der Waals surface area contributed by atoms with E-state index in [1.807, 2.05) is 29.2 Å². The zero-order valence-electron chi connectivity index (χ0n) is 19.9. The molecule has 35 heavy (non-hydrogen) atoms. The average molecular weight is 477 g/mol. The number of nitrogens with one attached hydrogen (secondary N) is 1. The van der Waals surface area contributed by atoms with Crippen LogP contribution in [0.4, 0.5) is 4.79 Å². The fourth-order valence-corrected chi connectivity index (χ4v) is 5.82. The monoisotopic (exact) mass is 476 g/mol. The molecule has 7 heteroatoms. The summed E-state index contributed by atoms with van der Waals surface area (Å²) < 4.78 is 5.72. The molecule has 3 aliphatic rings. The van der Waals surface area contributed by atoms with E-state index in [4.69, 9.17) is 9.84 Å². The Morgan fingerprint density at radius 3 is 2.29 bits per heavy atom. The van der Waals surface area contributed by atoms with Crippen LogP contribution in [0.3, 0.4) is 0 Å². The first kappa shape index (κ1) is 23.4. The SMILES string of the molecule is O=C(O)CCC1CCN(C(=O)CC2(NC(=O)OCC3c4ccccc4-c4ccccc43)CCC2)C1. The third-order valence-corrected chi connectivity index (χ3v) is 7.92. The molecular weight excluding hydrogens is 444 g/mol. The third kappa shape index (κ3) is 4.90. The smallest absolute Gasteiger partial charge is 0.407 e. The number of likely N-dealkylation sites (tertiary alicyclic amines) is 1. The Kier molecular flexibility index (Phi) is 6.50. The number of carbonyl (C=O) groups excluding carboxylic acids is 2. The van der Waals surface area contributed by atoms with E-state index in [0.29, 0.717) is 19.5 Å². The first-order valence-electron chi connectivity index (χ1n) is 12.6. The molecule has 1 aliphatic heterocycles. The number of alkyl carbamates (subject to hydrolysis) is 1. The number of fused-ring (bicyclic) bond motifs is 3. The highest BCUT2D eigenvalue weighted by Gasteiger charge is 2.42. The molecule has 184 valence electrons. The normalized spacial score (nSPS) is 20.0. The molecule has 2 fully saturated rings. The van der Waals surface area contributed by atoms with Crippen molar-refractivity contribution in [2.24, 2.45) is 5.92 Å². The van der Waals surface area contributed by atoms with Gasteiger partial charge in [0.25, 0.3) is 0 Å². The second-order valence-electron chi connectivity index (χ2n) is 10.2. The zero-order chi connectivity index (χ0) is 24.4. The minimum atomic E-state index is -0.796. The highest BCUT2D eigenvalue weighted by Crippen LogP contribution is 2.44. The van der Waals surface area contributed by atoms with Crippen LogP contribution in [0.2, 0.25) is 0 Å². The summed E-state index contributed by atoms with van der Waals surface area (Å²) in [5.74, 6) is -0.529. The van der Waals surface area contributed by atoms with Crippen molar-refractivity contribution in [2.75, 3.05) is 19.7 Å². The van der Waals surface area contributed by atoms with Gasteiger partial charge in [-0.25, -0.2) is 4.79 Å². The van der Waals surface area contributed by atoms with Crippen LogP contribution in [-0.4, -0.2) is 53.2 Å². The van der Waals surface area contributed by atoms with Crippen molar-refractivity contribution in [3.63, 3.8) is 0 Å². The first-order valence-corrected chi connectivity index (χ1v) is 12.6. The number of rotatable bonds is 8. The van der Waals surface area contributed by atoms with E-state index in [1.165, 1.54) is 22.3 Å². The van der Waals surface area contributed by atoms with Gasteiger partial charge in [-0.3, -0.25) is 9.59 Å². The number of amides is 2. The fourth-order valence-electron chi connectivity index (χ4n) is 5.82. The topological polar surface area (TPSA) is 95.9 Å². The van der Waals surface area contributed by atoms with Crippen molar-refractivity contribution in [2.45, 2.75) is 56.4 Å². The largest absolute Gasteiger partial charge is 0.481 e. The Labute approximate surface area is 205 Å². The van der Waals surface area contributed by atoms with Crippen molar-refractivity contribution >= 4 is 18.0 Å². The van der Waals surface area contributed by atoms with E-state index in [0.717, 1.165) is 25.7 Å². The molecule has 1 heterocycles. The van der Waals surface area contributed by atoms with Crippen LogP contribution in [0, 0.1) is 5.92 Å². The summed E-state index contributed by atoms with van der Waals surface area (Å²) in [7, 11) is 0. The molecule has 0 radical (unpaired) electrons. The van der Waals surface area contributed by atoms with Crippen LogP contribution < -0.4 is 5.32 Å². The number of benzene rings is 2. The number of hydrogen-bond donors (Lipinski definition) is 2. The molecule has 0 bridgehead atoms. The lowest BCUT2D eigenvalue weighted by molar-refractivity contribution is -0.137. The number of hydrogen-bond acceptors (Lipinski definition) is 4. The van der Waals surface area contributed by atoms with Crippen LogP contribution >= 0.6 is 0 Å². The molecule has 0 spiro atoms. The lowest BCUT2D eigenvalue weighted by Crippen LogP contribution is -2.56. The molecule has 7 nitrogen and oxygen atoms in total. The summed E-state index contributed by atoms with van der Waals surface area (Å²) in [6.07, 6.45) is 3.87. The molecular formula is C28H32N2O5. The van der Waals surface area contributed by atoms with Crippen LogP contribution in [0.1, 0.15) is 62.0 Å². The Hall–Kier alpha value is -3.35. The Balaban J connectivity index is 1.16. The molecule has 0 aromatic heterocycles. The Morgan fingerprint density at radius 2 is 1.69 bits per heavy atom. The number of nitrogens with zero attached hydrogens (tertiary/aromatic N) is 1. The minimum absolute atomic E-state index is 0.000502. The summed E-state index contributed by atoms with van der Waals surface area (Å²) in [5, 5.41) is 11.9. The molecule has 1 saturated carbocycles. The van der Waals surface area contributed by atoms with Gasteiger partial charge >= 0.3 is 12.1 Å². The predicted octanol–water partition coefficient (Wildman–Crippen LogP) is 4.55. The Morgan fingerprint density at radius 1 is 1.03 bits per heavy atom. The van der Waals surface area contributed by atoms with Crippen molar-refractivity contribution in [3.05, 3.63) is 59.7 Å². The van der Waals surface area contributed by atoms with Gasteiger partial charge in [-0.15, -0.1) is 0 Å². The van der Waals surface area contributed by atoms with Crippen molar-refractivity contribution in [3.8, 4) is 11.1 Å². The van der Waals surface area contributed by atoms with Gasteiger partial charge in [0.05, 0.1) is 12.0 Å². The number of carbonyl (C=O) groups is 3. The van der Waals surface area contributed by atoms with E-state index in [1.54, 1.807) is 0 Å². The summed E-state index contributed by atoms with van der Waals surface area (Å²) in [4.78, 5) is 38.5. The second-order valence-corrected chi connectivity index (χ2v) is 10.2. The summed E-state index contributed by atoms with van der Waals surface area (Å²) in [5.41, 5.74) is 4.16. The maximum Gasteiger partial charge on any atom is 0.407 e. The maximum absolute atomic E-state index is 13.0. The molecule has 1 saturated heterocycles. The Bertz CT molecular complexity index is 1080. The van der Waals surface area contributed by atoms with Crippen molar-refractivity contribution < 1.29 is 24.2 Å². The fraction of sp³-hybridized carbons (Fsp3) is 0.464. The molecule has 2 amide bonds. The van der Waals surface area contributed by atoms with Gasteiger partial charge in [0, 0.05) is 25.4 Å². The second kappa shape index (κ2) is 9.72. The van der Waals surface area contributed by atoms with Crippen LogP contribution in [0.25, 0.3) is 11.1 Å². The molecule has 2 aliphatic carbocycles. The van der Waals surface area contributed by atoms with E-state index < -0.39 is 17.6 Å². The van der Waals surface area contributed by atoms with Crippen LogP contribution in [-0.2, 0) is 14.3 Å². The summed E-state index contributed by atoms with van der Waals surface area (Å²) >= 11 is 0. The number of aliphatic carboxylic acids is 1. The highest BCUT2D eigenvalue weighted by atomic mass is 16.5. The number of ether oxygens (including phenoxy) is 1. The molecule has 2 aromatic rings. The lowest BCUT2D eigenvalue weighted by Gasteiger charge is -2.42. The van der Waals surface area contributed by atoms with Gasteiger partial charge in [0.15, 0.2) is 0 Å². The predicted molar refractivity (Wildman–Crippen MR) is 131 cm³/mol. The van der Waals surface area contributed by atoms with Gasteiger partial charge in [-0.05, 0) is 60.3 Å². The minimum Gasteiger partial charge on any atom is -0.481 e.